The number of nitrogens with zero attached hydrogens (tertiary/aromatic N) is 3. The van der Waals surface area contributed by atoms with E-state index in [-0.39, 0.29) is 11.8 Å². The minimum atomic E-state index is 0.178. The molecule has 0 bridgehead atoms. The Morgan fingerprint density at radius 1 is 1.40 bits per heavy atom. The van der Waals surface area contributed by atoms with Crippen molar-refractivity contribution in [3.8, 4) is 5.75 Å². The number of carbonyl (C=O) groups excluding carboxylic acids is 1. The Labute approximate surface area is 148 Å². The van der Waals surface area contributed by atoms with Crippen molar-refractivity contribution in [3.05, 3.63) is 41.5 Å². The van der Waals surface area contributed by atoms with Crippen molar-refractivity contribution >= 4 is 5.91 Å². The highest BCUT2D eigenvalue weighted by Crippen LogP contribution is 2.25. The smallest absolute Gasteiger partial charge is 0.223 e. The van der Waals surface area contributed by atoms with Crippen LogP contribution in [0.2, 0.25) is 0 Å². The van der Waals surface area contributed by atoms with Crippen molar-refractivity contribution < 1.29 is 14.1 Å². The molecule has 0 spiro atoms. The largest absolute Gasteiger partial charge is 0.494 e. The van der Waals surface area contributed by atoms with E-state index in [9.17, 15) is 4.79 Å². The fourth-order valence-corrected chi connectivity index (χ4v) is 3.17. The first-order valence-electron chi connectivity index (χ1n) is 8.89. The van der Waals surface area contributed by atoms with Gasteiger partial charge in [0.15, 0.2) is 5.82 Å². The quantitative estimate of drug-likeness (QED) is 0.753. The molecule has 134 valence electrons. The SMILES string of the molecule is Cc1cccc(OCCCC(=O)N2CCC[C@H](c3noc(C)n3)C2)c1. The standard InChI is InChI=1S/C19H25N3O3/c1-14-6-3-8-17(12-14)24-11-5-9-18(23)22-10-4-7-16(13-22)19-20-15(2)25-21-19/h3,6,8,12,16H,4-5,7,9-11,13H2,1-2H3/t16-/m0/s1. The number of rotatable bonds is 6. The predicted molar refractivity (Wildman–Crippen MR) is 93.5 cm³/mol. The van der Waals surface area contributed by atoms with E-state index in [2.05, 4.69) is 10.1 Å². The second kappa shape index (κ2) is 8.14. The second-order valence-corrected chi connectivity index (χ2v) is 6.62. The van der Waals surface area contributed by atoms with Crippen LogP contribution in [0.3, 0.4) is 0 Å². The first-order chi connectivity index (χ1) is 12.1. The maximum atomic E-state index is 12.5. The third-order valence-electron chi connectivity index (χ3n) is 4.48. The zero-order chi connectivity index (χ0) is 17.6. The highest BCUT2D eigenvalue weighted by molar-refractivity contribution is 5.76. The van der Waals surface area contributed by atoms with Gasteiger partial charge in [-0.2, -0.15) is 4.98 Å². The van der Waals surface area contributed by atoms with Gasteiger partial charge in [0, 0.05) is 32.4 Å². The van der Waals surface area contributed by atoms with Crippen molar-refractivity contribution in [2.24, 2.45) is 0 Å². The van der Waals surface area contributed by atoms with Crippen LogP contribution in [0.25, 0.3) is 0 Å². The number of carbonyl (C=O) groups is 1. The minimum absolute atomic E-state index is 0.178. The molecule has 1 saturated heterocycles. The van der Waals surface area contributed by atoms with Gasteiger partial charge in [0.25, 0.3) is 0 Å². The van der Waals surface area contributed by atoms with Gasteiger partial charge in [0.2, 0.25) is 11.8 Å². The van der Waals surface area contributed by atoms with E-state index in [1.54, 1.807) is 6.92 Å². The van der Waals surface area contributed by atoms with Crippen LogP contribution in [-0.4, -0.2) is 40.6 Å². The average molecular weight is 343 g/mol. The monoisotopic (exact) mass is 343 g/mol. The van der Waals surface area contributed by atoms with Crippen LogP contribution in [0.5, 0.6) is 5.75 Å². The summed E-state index contributed by atoms with van der Waals surface area (Å²) in [4.78, 5) is 18.7. The van der Waals surface area contributed by atoms with Crippen LogP contribution >= 0.6 is 0 Å². The summed E-state index contributed by atoms with van der Waals surface area (Å²) in [6.45, 7) is 5.86. The summed E-state index contributed by atoms with van der Waals surface area (Å²) >= 11 is 0. The van der Waals surface area contributed by atoms with Crippen LogP contribution in [-0.2, 0) is 4.79 Å². The molecule has 0 aliphatic carbocycles. The van der Waals surface area contributed by atoms with Crippen LogP contribution < -0.4 is 4.74 Å². The maximum Gasteiger partial charge on any atom is 0.223 e. The van der Waals surface area contributed by atoms with Gasteiger partial charge in [0.1, 0.15) is 5.75 Å². The summed E-state index contributed by atoms with van der Waals surface area (Å²) in [5.74, 6) is 2.51. The average Bonchev–Trinajstić information content (AvgIpc) is 3.05. The molecule has 1 amide bonds. The summed E-state index contributed by atoms with van der Waals surface area (Å²) in [5.41, 5.74) is 1.17. The topological polar surface area (TPSA) is 68.5 Å². The van der Waals surface area contributed by atoms with Crippen LogP contribution in [0, 0.1) is 13.8 Å². The molecule has 1 aromatic heterocycles. The van der Waals surface area contributed by atoms with Crippen LogP contribution in [0.1, 0.15) is 48.9 Å². The lowest BCUT2D eigenvalue weighted by atomic mass is 9.97. The molecule has 2 aromatic rings. The molecule has 1 aliphatic heterocycles. The fourth-order valence-electron chi connectivity index (χ4n) is 3.17. The summed E-state index contributed by atoms with van der Waals surface area (Å²) in [6.07, 6.45) is 3.20. The van der Waals surface area contributed by atoms with E-state index in [1.165, 1.54) is 5.56 Å². The molecule has 0 radical (unpaired) electrons. The van der Waals surface area contributed by atoms with Gasteiger partial charge < -0.3 is 14.2 Å². The number of likely N-dealkylation sites (tertiary alicyclic amines) is 1. The maximum absolute atomic E-state index is 12.5. The van der Waals surface area contributed by atoms with Gasteiger partial charge in [0.05, 0.1) is 6.61 Å². The molecular formula is C19H25N3O3. The molecule has 25 heavy (non-hydrogen) atoms. The van der Waals surface area contributed by atoms with Crippen molar-refractivity contribution in [3.63, 3.8) is 0 Å². The zero-order valence-electron chi connectivity index (χ0n) is 14.9. The summed E-state index contributed by atoms with van der Waals surface area (Å²) in [6, 6.07) is 7.96. The lowest BCUT2D eigenvalue weighted by molar-refractivity contribution is -0.132. The molecular weight excluding hydrogens is 318 g/mol. The van der Waals surface area contributed by atoms with Crippen molar-refractivity contribution in [1.29, 1.82) is 0 Å². The lowest BCUT2D eigenvalue weighted by Gasteiger charge is -2.31. The number of hydrogen-bond donors (Lipinski definition) is 0. The van der Waals surface area contributed by atoms with Gasteiger partial charge in [-0.1, -0.05) is 17.3 Å². The number of hydrogen-bond acceptors (Lipinski definition) is 5. The van der Waals surface area contributed by atoms with E-state index in [1.807, 2.05) is 36.1 Å². The predicted octanol–water partition coefficient (Wildman–Crippen LogP) is 3.25. The Kier molecular flexibility index (Phi) is 5.68. The number of ether oxygens (including phenoxy) is 1. The number of piperidine rings is 1. The Morgan fingerprint density at radius 3 is 3.04 bits per heavy atom. The Hall–Kier alpha value is -2.37. The number of amides is 1. The van der Waals surface area contributed by atoms with E-state index >= 15 is 0 Å². The van der Waals surface area contributed by atoms with Gasteiger partial charge in [-0.15, -0.1) is 0 Å². The van der Waals surface area contributed by atoms with Crippen molar-refractivity contribution in [2.75, 3.05) is 19.7 Å². The molecule has 6 nitrogen and oxygen atoms in total. The van der Waals surface area contributed by atoms with E-state index in [4.69, 9.17) is 9.26 Å². The Balaban J connectivity index is 1.43. The van der Waals surface area contributed by atoms with Crippen molar-refractivity contribution in [1.82, 2.24) is 15.0 Å². The molecule has 0 saturated carbocycles. The Bertz CT molecular complexity index is 713. The molecule has 1 aromatic carbocycles. The summed E-state index contributed by atoms with van der Waals surface area (Å²) < 4.78 is 10.8. The number of aryl methyl sites for hydroxylation is 2. The molecule has 1 atom stereocenters. The molecule has 3 rings (SSSR count). The van der Waals surface area contributed by atoms with Crippen LogP contribution in [0.4, 0.5) is 0 Å². The summed E-state index contributed by atoms with van der Waals surface area (Å²) in [5, 5.41) is 4.01. The van der Waals surface area contributed by atoms with Gasteiger partial charge in [-0.3, -0.25) is 4.79 Å². The molecule has 0 unspecified atom stereocenters. The van der Waals surface area contributed by atoms with E-state index < -0.39 is 0 Å². The molecule has 1 fully saturated rings. The third-order valence-corrected chi connectivity index (χ3v) is 4.48. The number of benzene rings is 1. The van der Waals surface area contributed by atoms with Gasteiger partial charge in [-0.05, 0) is 43.9 Å². The van der Waals surface area contributed by atoms with Gasteiger partial charge >= 0.3 is 0 Å². The highest BCUT2D eigenvalue weighted by atomic mass is 16.5. The van der Waals surface area contributed by atoms with Gasteiger partial charge in [-0.25, -0.2) is 0 Å². The molecule has 0 N–H and O–H groups in total. The first-order valence-corrected chi connectivity index (χ1v) is 8.89. The Morgan fingerprint density at radius 2 is 2.28 bits per heavy atom. The third kappa shape index (κ3) is 4.81. The van der Waals surface area contributed by atoms with Crippen LogP contribution in [0.15, 0.2) is 28.8 Å². The second-order valence-electron chi connectivity index (χ2n) is 6.62. The van der Waals surface area contributed by atoms with E-state index in [0.29, 0.717) is 25.5 Å². The van der Waals surface area contributed by atoms with Crippen molar-refractivity contribution in [2.45, 2.75) is 45.4 Å². The molecule has 6 heteroatoms. The first kappa shape index (κ1) is 17.5. The molecule has 2 heterocycles. The normalized spacial score (nSPS) is 17.5. The molecule has 1 aliphatic rings. The summed E-state index contributed by atoms with van der Waals surface area (Å²) in [7, 11) is 0. The van der Waals surface area contributed by atoms with E-state index in [0.717, 1.165) is 37.4 Å². The number of aromatic nitrogens is 2. The zero-order valence-corrected chi connectivity index (χ0v) is 14.9. The fraction of sp³-hybridized carbons (Fsp3) is 0.526. The highest BCUT2D eigenvalue weighted by Gasteiger charge is 2.27. The lowest BCUT2D eigenvalue weighted by Crippen LogP contribution is -2.39. The minimum Gasteiger partial charge on any atom is -0.494 e.